The number of hydrogen-bond acceptors (Lipinski definition) is 5. The third-order valence-electron chi connectivity index (χ3n) is 7.26. The number of halogens is 3. The van der Waals surface area contributed by atoms with Crippen molar-refractivity contribution in [2.45, 2.75) is 57.4 Å². The van der Waals surface area contributed by atoms with Gasteiger partial charge >= 0.3 is 24.2 Å². The quantitative estimate of drug-likeness (QED) is 0.370. The second kappa shape index (κ2) is 10.7. The Balaban J connectivity index is 1.59. The molecule has 10 nitrogen and oxygen atoms in total. The maximum Gasteiger partial charge on any atom is 0.420 e. The minimum atomic E-state index is -5.18. The molecule has 1 saturated heterocycles. The summed E-state index contributed by atoms with van der Waals surface area (Å²) < 4.78 is 48.3. The van der Waals surface area contributed by atoms with Crippen molar-refractivity contribution in [1.29, 1.82) is 0 Å². The first-order valence-corrected chi connectivity index (χ1v) is 12.5. The second-order valence-electron chi connectivity index (χ2n) is 10.1. The van der Waals surface area contributed by atoms with E-state index in [4.69, 9.17) is 4.74 Å². The standard InChI is InChI=1S/C27H29F3N4O6/c1-15-6-4-5-7-18(15)31-24(38)32-19-11-10-17(13-21(19)40-3)14-33-25(39)34(20(22(35)36)12-16-8-9-16)23(37)26(33,2)27(28,29)30/h4-7,10-11,13,16,20H,8-9,12,14H2,1-3H3,(H,35,36)(H2,31,32,38)/t20-,26?/m0/s1. The maximum atomic E-state index is 14.3. The summed E-state index contributed by atoms with van der Waals surface area (Å²) in [6, 6.07) is 7.57. The number of alkyl halides is 3. The highest BCUT2D eigenvalue weighted by Gasteiger charge is 2.70. The van der Waals surface area contributed by atoms with Crippen molar-refractivity contribution in [2.75, 3.05) is 17.7 Å². The number of aryl methyl sites for hydroxylation is 1. The van der Waals surface area contributed by atoms with E-state index in [1.807, 2.05) is 19.1 Å². The normalized spacial score (nSPS) is 19.9. The molecule has 3 N–H and O–H groups in total. The second-order valence-corrected chi connectivity index (χ2v) is 10.1. The van der Waals surface area contributed by atoms with Crippen molar-refractivity contribution in [3.8, 4) is 5.75 Å². The van der Waals surface area contributed by atoms with Gasteiger partial charge in [-0.3, -0.25) is 9.69 Å². The van der Waals surface area contributed by atoms with Gasteiger partial charge in [0.2, 0.25) is 5.54 Å². The van der Waals surface area contributed by atoms with Gasteiger partial charge in [0, 0.05) is 12.2 Å². The Morgan fingerprint density at radius 3 is 2.35 bits per heavy atom. The van der Waals surface area contributed by atoms with Gasteiger partial charge in [-0.1, -0.05) is 37.1 Å². The number of carboxylic acids is 1. The van der Waals surface area contributed by atoms with E-state index in [0.717, 1.165) is 5.56 Å². The number of nitrogens with one attached hydrogen (secondary N) is 2. The number of hydrogen-bond donors (Lipinski definition) is 3. The molecule has 5 amide bonds. The average Bonchev–Trinajstić information content (AvgIpc) is 3.68. The molecule has 2 aromatic carbocycles. The van der Waals surface area contributed by atoms with Gasteiger partial charge in [-0.25, -0.2) is 19.3 Å². The van der Waals surface area contributed by atoms with E-state index >= 15 is 0 Å². The molecule has 1 aliphatic heterocycles. The van der Waals surface area contributed by atoms with Crippen molar-refractivity contribution in [2.24, 2.45) is 5.92 Å². The van der Waals surface area contributed by atoms with Gasteiger partial charge in [0.25, 0.3) is 5.91 Å². The van der Waals surface area contributed by atoms with Gasteiger partial charge in [-0.2, -0.15) is 13.2 Å². The first kappa shape index (κ1) is 28.7. The molecule has 40 heavy (non-hydrogen) atoms. The zero-order valence-corrected chi connectivity index (χ0v) is 22.0. The van der Waals surface area contributed by atoms with Crippen molar-refractivity contribution in [3.05, 3.63) is 53.6 Å². The molecule has 0 spiro atoms. The van der Waals surface area contributed by atoms with Crippen LogP contribution in [0, 0.1) is 12.8 Å². The van der Waals surface area contributed by atoms with Crippen molar-refractivity contribution < 1.29 is 42.2 Å². The molecule has 2 aliphatic rings. The summed E-state index contributed by atoms with van der Waals surface area (Å²) in [5.74, 6) is -3.14. The number of anilines is 2. The van der Waals surface area contributed by atoms with Gasteiger partial charge in [-0.05, 0) is 55.5 Å². The lowest BCUT2D eigenvalue weighted by atomic mass is 9.98. The molecule has 0 radical (unpaired) electrons. The third-order valence-corrected chi connectivity index (χ3v) is 7.26. The van der Waals surface area contributed by atoms with E-state index in [9.17, 15) is 37.5 Å². The largest absolute Gasteiger partial charge is 0.495 e. The summed E-state index contributed by atoms with van der Waals surface area (Å²) in [4.78, 5) is 51.4. The SMILES string of the molecule is COc1cc(CN2C(=O)N([C@@H](CC3CC3)C(=O)O)C(=O)C2(C)C(F)(F)F)ccc1NC(=O)Nc1ccccc1C. The Kier molecular flexibility index (Phi) is 7.68. The molecule has 1 heterocycles. The molecule has 0 aromatic heterocycles. The highest BCUT2D eigenvalue weighted by atomic mass is 19.4. The predicted octanol–water partition coefficient (Wildman–Crippen LogP) is 4.99. The summed E-state index contributed by atoms with van der Waals surface area (Å²) >= 11 is 0. The van der Waals surface area contributed by atoms with E-state index in [0.29, 0.717) is 30.4 Å². The predicted molar refractivity (Wildman–Crippen MR) is 138 cm³/mol. The van der Waals surface area contributed by atoms with Crippen LogP contribution < -0.4 is 15.4 Å². The molecule has 0 bridgehead atoms. The van der Waals surface area contributed by atoms with Crippen LogP contribution in [0.2, 0.25) is 0 Å². The van der Waals surface area contributed by atoms with Crippen LogP contribution in [0.15, 0.2) is 42.5 Å². The highest BCUT2D eigenvalue weighted by Crippen LogP contribution is 2.45. The van der Waals surface area contributed by atoms with E-state index in [2.05, 4.69) is 10.6 Å². The van der Waals surface area contributed by atoms with Crippen LogP contribution in [0.3, 0.4) is 0 Å². The molecule has 2 aromatic rings. The Morgan fingerprint density at radius 1 is 1.12 bits per heavy atom. The number of imide groups is 1. The summed E-state index contributed by atoms with van der Waals surface area (Å²) in [6.07, 6.45) is -3.92. The molecule has 1 aliphatic carbocycles. The van der Waals surface area contributed by atoms with Gasteiger partial charge < -0.3 is 20.5 Å². The van der Waals surface area contributed by atoms with Crippen LogP contribution in [0.1, 0.15) is 37.3 Å². The van der Waals surface area contributed by atoms with E-state index in [1.165, 1.54) is 25.3 Å². The van der Waals surface area contributed by atoms with Gasteiger partial charge in [0.15, 0.2) is 0 Å². The Morgan fingerprint density at radius 2 is 1.77 bits per heavy atom. The lowest BCUT2D eigenvalue weighted by molar-refractivity contribution is -0.212. The minimum Gasteiger partial charge on any atom is -0.495 e. The number of ether oxygens (including phenoxy) is 1. The lowest BCUT2D eigenvalue weighted by Crippen LogP contribution is -2.58. The van der Waals surface area contributed by atoms with Gasteiger partial charge in [0.05, 0.1) is 12.8 Å². The summed E-state index contributed by atoms with van der Waals surface area (Å²) in [5.41, 5.74) is -1.51. The van der Waals surface area contributed by atoms with Crippen molar-refractivity contribution in [1.82, 2.24) is 9.80 Å². The third kappa shape index (κ3) is 5.40. The molecule has 2 atom stereocenters. The summed E-state index contributed by atoms with van der Waals surface area (Å²) in [5, 5.41) is 15.0. The average molecular weight is 563 g/mol. The summed E-state index contributed by atoms with van der Waals surface area (Å²) in [7, 11) is 1.30. The zero-order valence-electron chi connectivity index (χ0n) is 22.0. The number of carbonyl (C=O) groups excluding carboxylic acids is 3. The van der Waals surface area contributed by atoms with Crippen LogP contribution >= 0.6 is 0 Å². The zero-order chi connectivity index (χ0) is 29.4. The molecule has 2 fully saturated rings. The van der Waals surface area contributed by atoms with E-state index < -0.39 is 48.2 Å². The van der Waals surface area contributed by atoms with Crippen LogP contribution in [-0.4, -0.2) is 63.7 Å². The molecule has 214 valence electrons. The smallest absolute Gasteiger partial charge is 0.420 e. The van der Waals surface area contributed by atoms with Crippen LogP contribution in [-0.2, 0) is 16.1 Å². The maximum absolute atomic E-state index is 14.3. The first-order valence-electron chi connectivity index (χ1n) is 12.5. The fourth-order valence-corrected chi connectivity index (χ4v) is 4.63. The van der Waals surface area contributed by atoms with Crippen LogP contribution in [0.4, 0.5) is 34.1 Å². The van der Waals surface area contributed by atoms with Crippen LogP contribution in [0.25, 0.3) is 0 Å². The number of carbonyl (C=O) groups is 4. The Hall–Kier alpha value is -4.29. The van der Waals surface area contributed by atoms with Gasteiger partial charge in [-0.15, -0.1) is 0 Å². The van der Waals surface area contributed by atoms with Crippen LogP contribution in [0.5, 0.6) is 5.75 Å². The summed E-state index contributed by atoms with van der Waals surface area (Å²) in [6.45, 7) is 1.72. The molecular formula is C27H29F3N4O6. The molecule has 1 unspecified atom stereocenters. The first-order chi connectivity index (χ1) is 18.8. The Labute approximate surface area is 228 Å². The van der Waals surface area contributed by atoms with Gasteiger partial charge in [0.1, 0.15) is 11.8 Å². The van der Waals surface area contributed by atoms with Crippen molar-refractivity contribution >= 4 is 35.3 Å². The van der Waals surface area contributed by atoms with Crippen molar-refractivity contribution in [3.63, 3.8) is 0 Å². The topological polar surface area (TPSA) is 128 Å². The highest BCUT2D eigenvalue weighted by molar-refractivity contribution is 6.09. The number of benzene rings is 2. The number of carboxylic acid groups (broad SMARTS) is 1. The molecule has 13 heteroatoms. The Bertz CT molecular complexity index is 1350. The number of nitrogens with zero attached hydrogens (tertiary/aromatic N) is 2. The number of amides is 5. The molecule has 4 rings (SSSR count). The van der Waals surface area contributed by atoms with E-state index in [1.54, 1.807) is 12.1 Å². The number of rotatable bonds is 9. The lowest BCUT2D eigenvalue weighted by Gasteiger charge is -2.33. The number of para-hydroxylation sites is 1. The number of urea groups is 2. The van der Waals surface area contributed by atoms with E-state index in [-0.39, 0.29) is 34.2 Å². The number of methoxy groups -OCH3 is 1. The number of aliphatic carboxylic acids is 1. The minimum absolute atomic E-state index is 0.0693. The molecule has 1 saturated carbocycles. The monoisotopic (exact) mass is 562 g/mol. The fraction of sp³-hybridized carbons (Fsp3) is 0.407. The fourth-order valence-electron chi connectivity index (χ4n) is 4.63. The molecular weight excluding hydrogens is 533 g/mol.